The zero-order valence-electron chi connectivity index (χ0n) is 22.3. The molecule has 200 valence electrons. The van der Waals surface area contributed by atoms with E-state index in [0.29, 0.717) is 42.6 Å². The summed E-state index contributed by atoms with van der Waals surface area (Å²) in [6.45, 7) is 7.41. The maximum Gasteiger partial charge on any atom is 0.220 e. The molecule has 4 aliphatic carbocycles. The van der Waals surface area contributed by atoms with Gasteiger partial charge < -0.3 is 20.6 Å². The van der Waals surface area contributed by atoms with Crippen LogP contribution < -0.4 is 5.32 Å². The molecule has 0 unspecified atom stereocenters. The molecule has 0 aliphatic heterocycles. The second-order valence-corrected chi connectivity index (χ2v) is 13.2. The van der Waals surface area contributed by atoms with Crippen LogP contribution >= 0.6 is 0 Å². The molecule has 5 rings (SSSR count). The standard InChI is InChI=1S/C30H46N2O4/c1-18(6-9-27(36)32-17-19-5-4-12-31-16-19)22-7-8-23-28-24(15-26(35)30(22,23)3)29(2)11-10-21(33)13-20(29)14-25(28)34/h4-5,12,16,18,20-26,28,33-35H,6-11,13-15,17H2,1-3H3,(H,32,36)/t18-,20-,21-,22+,23-,24-,25-,26+,28+,29+,30-/m1/s1. The van der Waals surface area contributed by atoms with Crippen molar-refractivity contribution in [3.63, 3.8) is 0 Å². The Bertz CT molecular complexity index is 927. The van der Waals surface area contributed by atoms with Gasteiger partial charge in [-0.15, -0.1) is 0 Å². The molecular weight excluding hydrogens is 452 g/mol. The van der Waals surface area contributed by atoms with Gasteiger partial charge in [-0.25, -0.2) is 0 Å². The first-order valence-corrected chi connectivity index (χ1v) is 14.3. The van der Waals surface area contributed by atoms with E-state index in [-0.39, 0.29) is 41.0 Å². The summed E-state index contributed by atoms with van der Waals surface area (Å²) in [5.74, 6) is 1.97. The van der Waals surface area contributed by atoms with Crippen molar-refractivity contribution in [1.82, 2.24) is 10.3 Å². The highest BCUT2D eigenvalue weighted by Gasteiger charge is 2.65. The predicted octanol–water partition coefficient (Wildman–Crippen LogP) is 4.08. The molecule has 0 saturated heterocycles. The van der Waals surface area contributed by atoms with E-state index in [1.165, 1.54) is 0 Å². The van der Waals surface area contributed by atoms with Gasteiger partial charge in [-0.05, 0) is 109 Å². The van der Waals surface area contributed by atoms with Gasteiger partial charge >= 0.3 is 0 Å². The Labute approximate surface area is 216 Å². The highest BCUT2D eigenvalue weighted by molar-refractivity contribution is 5.75. The lowest BCUT2D eigenvalue weighted by Crippen LogP contribution is -2.62. The number of carbonyl (C=O) groups excluding carboxylic acids is 1. The number of fused-ring (bicyclic) bond motifs is 5. The quantitative estimate of drug-likeness (QED) is 0.473. The number of aromatic nitrogens is 1. The van der Waals surface area contributed by atoms with Crippen LogP contribution in [0.15, 0.2) is 24.5 Å². The van der Waals surface area contributed by atoms with Crippen molar-refractivity contribution in [1.29, 1.82) is 0 Å². The summed E-state index contributed by atoms with van der Waals surface area (Å²) < 4.78 is 0. The van der Waals surface area contributed by atoms with Crippen LogP contribution in [-0.2, 0) is 11.3 Å². The van der Waals surface area contributed by atoms with Crippen LogP contribution in [0.3, 0.4) is 0 Å². The van der Waals surface area contributed by atoms with Gasteiger partial charge in [0.2, 0.25) is 5.91 Å². The van der Waals surface area contributed by atoms with Gasteiger partial charge in [0.25, 0.3) is 0 Å². The van der Waals surface area contributed by atoms with Crippen LogP contribution in [-0.4, -0.2) is 44.5 Å². The maximum absolute atomic E-state index is 12.6. The van der Waals surface area contributed by atoms with Crippen LogP contribution in [0.4, 0.5) is 0 Å². The Hall–Kier alpha value is -1.50. The summed E-state index contributed by atoms with van der Waals surface area (Å²) in [5.41, 5.74) is 0.881. The fraction of sp³-hybridized carbons (Fsp3) is 0.800. The first kappa shape index (κ1) is 26.1. The maximum atomic E-state index is 12.6. The first-order chi connectivity index (χ1) is 17.1. The van der Waals surface area contributed by atoms with E-state index in [1.807, 2.05) is 12.1 Å². The van der Waals surface area contributed by atoms with Crippen LogP contribution in [0.1, 0.15) is 84.1 Å². The smallest absolute Gasteiger partial charge is 0.220 e. The first-order valence-electron chi connectivity index (χ1n) is 14.3. The van der Waals surface area contributed by atoms with E-state index < -0.39 is 0 Å². The number of nitrogens with one attached hydrogen (secondary N) is 1. The number of aliphatic hydroxyl groups is 3. The van der Waals surface area contributed by atoms with Crippen molar-refractivity contribution in [2.75, 3.05) is 0 Å². The second-order valence-electron chi connectivity index (χ2n) is 13.2. The molecule has 0 bridgehead atoms. The summed E-state index contributed by atoms with van der Waals surface area (Å²) in [4.78, 5) is 16.7. The fourth-order valence-electron chi connectivity index (χ4n) is 9.48. The summed E-state index contributed by atoms with van der Waals surface area (Å²) in [5, 5.41) is 36.5. The number of rotatable bonds is 6. The molecule has 4 aliphatic rings. The minimum absolute atomic E-state index is 0.0656. The lowest BCUT2D eigenvalue weighted by Gasteiger charge is -2.63. The Morgan fingerprint density at radius 2 is 1.94 bits per heavy atom. The number of amides is 1. The van der Waals surface area contributed by atoms with Crippen LogP contribution in [0.5, 0.6) is 0 Å². The second kappa shape index (κ2) is 9.99. The molecule has 1 heterocycles. The van der Waals surface area contributed by atoms with Gasteiger partial charge in [0.1, 0.15) is 0 Å². The molecule has 11 atom stereocenters. The SMILES string of the molecule is C[C@H](CCC(=O)NCc1cccnc1)[C@@H]1CC[C@@H]2[C@@H]3[C@H](O)C[C@H]4C[C@H](O)CC[C@]4(C)[C@@H]3C[C@H](O)[C@@]21C. The summed E-state index contributed by atoms with van der Waals surface area (Å²) in [7, 11) is 0. The molecule has 4 saturated carbocycles. The van der Waals surface area contributed by atoms with E-state index >= 15 is 0 Å². The number of aliphatic hydroxyl groups excluding tert-OH is 3. The zero-order valence-corrected chi connectivity index (χ0v) is 22.3. The highest BCUT2D eigenvalue weighted by atomic mass is 16.3. The molecule has 0 aromatic carbocycles. The predicted molar refractivity (Wildman–Crippen MR) is 138 cm³/mol. The van der Waals surface area contributed by atoms with Gasteiger partial charge in [0.15, 0.2) is 0 Å². The highest BCUT2D eigenvalue weighted by Crippen LogP contribution is 2.68. The normalized spacial score (nSPS) is 44.7. The van der Waals surface area contributed by atoms with E-state index in [1.54, 1.807) is 12.4 Å². The minimum Gasteiger partial charge on any atom is -0.393 e. The lowest BCUT2D eigenvalue weighted by molar-refractivity contribution is -0.207. The third-order valence-corrected chi connectivity index (χ3v) is 11.6. The van der Waals surface area contributed by atoms with Gasteiger partial charge in [0.05, 0.1) is 18.3 Å². The number of hydrogen-bond acceptors (Lipinski definition) is 5. The average Bonchev–Trinajstić information content (AvgIpc) is 3.22. The molecule has 1 aromatic rings. The topological polar surface area (TPSA) is 103 Å². The monoisotopic (exact) mass is 498 g/mol. The molecule has 0 spiro atoms. The Morgan fingerprint density at radius 3 is 2.69 bits per heavy atom. The molecule has 4 N–H and O–H groups in total. The van der Waals surface area contributed by atoms with E-state index in [2.05, 4.69) is 31.1 Å². The number of hydrogen-bond donors (Lipinski definition) is 4. The van der Waals surface area contributed by atoms with Crippen molar-refractivity contribution in [3.05, 3.63) is 30.1 Å². The van der Waals surface area contributed by atoms with Crippen molar-refractivity contribution >= 4 is 5.91 Å². The minimum atomic E-state index is -0.382. The van der Waals surface area contributed by atoms with Crippen molar-refractivity contribution in [3.8, 4) is 0 Å². The molecule has 6 heteroatoms. The van der Waals surface area contributed by atoms with Crippen LogP contribution in [0, 0.1) is 46.3 Å². The van der Waals surface area contributed by atoms with Gasteiger partial charge in [-0.2, -0.15) is 0 Å². The molecule has 0 radical (unpaired) electrons. The Kier molecular flexibility index (Phi) is 7.25. The molecule has 1 aromatic heterocycles. The average molecular weight is 499 g/mol. The molecule has 4 fully saturated rings. The van der Waals surface area contributed by atoms with Crippen LogP contribution in [0.25, 0.3) is 0 Å². The van der Waals surface area contributed by atoms with E-state index in [0.717, 1.165) is 56.9 Å². The van der Waals surface area contributed by atoms with Crippen LogP contribution in [0.2, 0.25) is 0 Å². The number of pyridine rings is 1. The molecule has 1 amide bonds. The molecule has 6 nitrogen and oxygen atoms in total. The fourth-order valence-corrected chi connectivity index (χ4v) is 9.48. The Morgan fingerprint density at radius 1 is 1.14 bits per heavy atom. The molecule has 36 heavy (non-hydrogen) atoms. The zero-order chi connectivity index (χ0) is 25.7. The van der Waals surface area contributed by atoms with Gasteiger partial charge in [-0.3, -0.25) is 9.78 Å². The summed E-state index contributed by atoms with van der Waals surface area (Å²) >= 11 is 0. The van der Waals surface area contributed by atoms with Gasteiger partial charge in [-0.1, -0.05) is 26.8 Å². The third-order valence-electron chi connectivity index (χ3n) is 11.6. The van der Waals surface area contributed by atoms with Crippen molar-refractivity contribution in [2.24, 2.45) is 46.3 Å². The third kappa shape index (κ3) is 4.41. The van der Waals surface area contributed by atoms with Crippen molar-refractivity contribution in [2.45, 2.75) is 103 Å². The molecular formula is C30H46N2O4. The lowest BCUT2D eigenvalue weighted by atomic mass is 9.43. The number of carbonyl (C=O) groups is 1. The van der Waals surface area contributed by atoms with Crippen molar-refractivity contribution < 1.29 is 20.1 Å². The van der Waals surface area contributed by atoms with Gasteiger partial charge in [0, 0.05) is 25.4 Å². The Balaban J connectivity index is 1.25. The summed E-state index contributed by atoms with van der Waals surface area (Å²) in [6, 6.07) is 3.84. The largest absolute Gasteiger partial charge is 0.393 e. The number of nitrogens with zero attached hydrogens (tertiary/aromatic N) is 1. The summed E-state index contributed by atoms with van der Waals surface area (Å²) in [6.07, 6.45) is 10.1. The van der Waals surface area contributed by atoms with E-state index in [4.69, 9.17) is 0 Å². The van der Waals surface area contributed by atoms with E-state index in [9.17, 15) is 20.1 Å².